The monoisotopic (exact) mass is 351 g/mol. The SMILES string of the molecule is O=C(CNC(=O)[C@@]12CCCC[C@H]1CNC2)Nc1cccc2ccccc12. The normalized spacial score (nSPS) is 24.8. The smallest absolute Gasteiger partial charge is 0.243 e. The van der Waals surface area contributed by atoms with Crippen molar-refractivity contribution >= 4 is 28.3 Å². The Hall–Kier alpha value is -2.40. The summed E-state index contributed by atoms with van der Waals surface area (Å²) in [5.74, 6) is 0.238. The van der Waals surface area contributed by atoms with E-state index in [9.17, 15) is 9.59 Å². The summed E-state index contributed by atoms with van der Waals surface area (Å²) in [4.78, 5) is 25.2. The number of nitrogens with one attached hydrogen (secondary N) is 3. The number of carbonyl (C=O) groups excluding carboxylic acids is 2. The van der Waals surface area contributed by atoms with Crippen LogP contribution in [0.15, 0.2) is 42.5 Å². The Morgan fingerprint density at radius 2 is 1.96 bits per heavy atom. The van der Waals surface area contributed by atoms with Crippen molar-refractivity contribution in [2.24, 2.45) is 11.3 Å². The van der Waals surface area contributed by atoms with Crippen molar-refractivity contribution in [1.29, 1.82) is 0 Å². The third-order valence-electron chi connectivity index (χ3n) is 5.96. The molecule has 0 bridgehead atoms. The Kier molecular flexibility index (Phi) is 4.64. The first-order chi connectivity index (χ1) is 12.7. The maximum absolute atomic E-state index is 12.8. The maximum atomic E-state index is 12.8. The minimum atomic E-state index is -0.321. The van der Waals surface area contributed by atoms with Crippen LogP contribution in [0.2, 0.25) is 0 Å². The second-order valence-electron chi connectivity index (χ2n) is 7.49. The molecule has 2 fully saturated rings. The highest BCUT2D eigenvalue weighted by atomic mass is 16.2. The summed E-state index contributed by atoms with van der Waals surface area (Å²) >= 11 is 0. The van der Waals surface area contributed by atoms with E-state index in [1.165, 1.54) is 6.42 Å². The quantitative estimate of drug-likeness (QED) is 0.793. The average molecular weight is 351 g/mol. The number of amides is 2. The number of carbonyl (C=O) groups is 2. The van der Waals surface area contributed by atoms with E-state index < -0.39 is 0 Å². The summed E-state index contributed by atoms with van der Waals surface area (Å²) in [6.45, 7) is 1.65. The van der Waals surface area contributed by atoms with Gasteiger partial charge in [-0.3, -0.25) is 9.59 Å². The van der Waals surface area contributed by atoms with Crippen LogP contribution in [-0.4, -0.2) is 31.4 Å². The van der Waals surface area contributed by atoms with Gasteiger partial charge in [0.15, 0.2) is 0 Å². The number of benzene rings is 2. The van der Waals surface area contributed by atoms with Crippen LogP contribution in [0, 0.1) is 11.3 Å². The molecule has 0 unspecified atom stereocenters. The number of fused-ring (bicyclic) bond motifs is 2. The molecule has 0 aromatic heterocycles. The zero-order chi connectivity index (χ0) is 18.0. The predicted molar refractivity (Wildman–Crippen MR) is 103 cm³/mol. The minimum absolute atomic E-state index is 0.0104. The molecular formula is C21H25N3O2. The second kappa shape index (κ2) is 7.08. The second-order valence-corrected chi connectivity index (χ2v) is 7.49. The number of rotatable bonds is 4. The van der Waals surface area contributed by atoms with Gasteiger partial charge in [-0.05, 0) is 36.8 Å². The van der Waals surface area contributed by atoms with Crippen molar-refractivity contribution < 1.29 is 9.59 Å². The fourth-order valence-electron chi connectivity index (χ4n) is 4.56. The highest BCUT2D eigenvalue weighted by Crippen LogP contribution is 2.43. The van der Waals surface area contributed by atoms with E-state index in [4.69, 9.17) is 0 Å². The molecule has 1 aliphatic carbocycles. The molecule has 2 aliphatic rings. The Bertz CT molecular complexity index is 830. The molecule has 1 saturated carbocycles. The summed E-state index contributed by atoms with van der Waals surface area (Å²) in [7, 11) is 0. The first-order valence-electron chi connectivity index (χ1n) is 9.46. The molecule has 3 N–H and O–H groups in total. The fourth-order valence-corrected chi connectivity index (χ4v) is 4.56. The lowest BCUT2D eigenvalue weighted by atomic mass is 9.67. The first-order valence-corrected chi connectivity index (χ1v) is 9.46. The molecule has 2 aromatic carbocycles. The van der Waals surface area contributed by atoms with Gasteiger partial charge in [0.25, 0.3) is 0 Å². The molecule has 0 spiro atoms. The van der Waals surface area contributed by atoms with E-state index in [1.54, 1.807) is 0 Å². The molecule has 0 radical (unpaired) electrons. The third-order valence-corrected chi connectivity index (χ3v) is 5.96. The van der Waals surface area contributed by atoms with Crippen molar-refractivity contribution in [1.82, 2.24) is 10.6 Å². The lowest BCUT2D eigenvalue weighted by molar-refractivity contribution is -0.135. The topological polar surface area (TPSA) is 70.2 Å². The van der Waals surface area contributed by atoms with Gasteiger partial charge in [0.05, 0.1) is 12.0 Å². The summed E-state index contributed by atoms with van der Waals surface area (Å²) in [6, 6.07) is 13.8. The van der Waals surface area contributed by atoms with Crippen molar-refractivity contribution in [3.63, 3.8) is 0 Å². The third kappa shape index (κ3) is 3.07. The molecule has 5 nitrogen and oxygen atoms in total. The van der Waals surface area contributed by atoms with Gasteiger partial charge in [0.2, 0.25) is 11.8 Å². The standard InChI is InChI=1S/C21H25N3O2/c25-19(24-18-10-5-7-15-6-1-2-9-17(15)18)13-23-20(26)21-11-4-3-8-16(21)12-22-14-21/h1-2,5-7,9-10,16,22H,3-4,8,11-14H2,(H,23,26)(H,24,25)/t16-,21+/m0/s1. The van der Waals surface area contributed by atoms with Crippen LogP contribution in [0.25, 0.3) is 10.8 Å². The lowest BCUT2D eigenvalue weighted by Crippen LogP contribution is -2.49. The number of anilines is 1. The Morgan fingerprint density at radius 3 is 2.88 bits per heavy atom. The Morgan fingerprint density at radius 1 is 1.12 bits per heavy atom. The number of hydrogen-bond donors (Lipinski definition) is 3. The van der Waals surface area contributed by atoms with Crippen LogP contribution >= 0.6 is 0 Å². The molecule has 26 heavy (non-hydrogen) atoms. The first kappa shape index (κ1) is 17.0. The summed E-state index contributed by atoms with van der Waals surface area (Å²) in [5, 5.41) is 11.3. The largest absolute Gasteiger partial charge is 0.346 e. The van der Waals surface area contributed by atoms with Gasteiger partial charge in [-0.15, -0.1) is 0 Å². The van der Waals surface area contributed by atoms with Crippen molar-refractivity contribution in [3.05, 3.63) is 42.5 Å². The van der Waals surface area contributed by atoms with Gasteiger partial charge < -0.3 is 16.0 Å². The van der Waals surface area contributed by atoms with Crippen molar-refractivity contribution in [2.75, 3.05) is 25.0 Å². The van der Waals surface area contributed by atoms with E-state index >= 15 is 0 Å². The van der Waals surface area contributed by atoms with Gasteiger partial charge in [-0.1, -0.05) is 49.2 Å². The molecule has 2 atom stereocenters. The van der Waals surface area contributed by atoms with Crippen molar-refractivity contribution in [3.8, 4) is 0 Å². The molecular weight excluding hydrogens is 326 g/mol. The zero-order valence-electron chi connectivity index (χ0n) is 14.9. The molecule has 1 aliphatic heterocycles. The van der Waals surface area contributed by atoms with E-state index in [2.05, 4.69) is 16.0 Å². The molecule has 4 rings (SSSR count). The zero-order valence-corrected chi connectivity index (χ0v) is 14.9. The van der Waals surface area contributed by atoms with Crippen LogP contribution in [0.5, 0.6) is 0 Å². The Labute approximate surface area is 153 Å². The average Bonchev–Trinajstić information content (AvgIpc) is 3.12. The van der Waals surface area contributed by atoms with E-state index in [0.29, 0.717) is 5.92 Å². The molecule has 2 aromatic rings. The molecule has 136 valence electrons. The predicted octanol–water partition coefficient (Wildman–Crippen LogP) is 2.67. The number of hydrogen-bond acceptors (Lipinski definition) is 3. The summed E-state index contributed by atoms with van der Waals surface area (Å²) < 4.78 is 0. The van der Waals surface area contributed by atoms with Gasteiger partial charge >= 0.3 is 0 Å². The molecule has 2 amide bonds. The maximum Gasteiger partial charge on any atom is 0.243 e. The fraction of sp³-hybridized carbons (Fsp3) is 0.429. The minimum Gasteiger partial charge on any atom is -0.346 e. The van der Waals surface area contributed by atoms with Gasteiger partial charge in [-0.2, -0.15) is 0 Å². The van der Waals surface area contributed by atoms with Crippen LogP contribution < -0.4 is 16.0 Å². The van der Waals surface area contributed by atoms with E-state index in [-0.39, 0.29) is 23.8 Å². The Balaban J connectivity index is 1.40. The molecule has 1 saturated heterocycles. The van der Waals surface area contributed by atoms with Gasteiger partial charge in [0, 0.05) is 17.6 Å². The summed E-state index contributed by atoms with van der Waals surface area (Å²) in [6.07, 6.45) is 4.31. The van der Waals surface area contributed by atoms with E-state index in [1.807, 2.05) is 42.5 Å². The van der Waals surface area contributed by atoms with E-state index in [0.717, 1.165) is 48.8 Å². The van der Waals surface area contributed by atoms with Gasteiger partial charge in [0.1, 0.15) is 0 Å². The lowest BCUT2D eigenvalue weighted by Gasteiger charge is -2.37. The highest BCUT2D eigenvalue weighted by Gasteiger charge is 2.49. The van der Waals surface area contributed by atoms with Gasteiger partial charge in [-0.25, -0.2) is 0 Å². The van der Waals surface area contributed by atoms with Crippen LogP contribution in [0.1, 0.15) is 25.7 Å². The van der Waals surface area contributed by atoms with Crippen LogP contribution in [-0.2, 0) is 9.59 Å². The van der Waals surface area contributed by atoms with Crippen molar-refractivity contribution in [2.45, 2.75) is 25.7 Å². The highest BCUT2D eigenvalue weighted by molar-refractivity contribution is 6.03. The summed E-state index contributed by atoms with van der Waals surface area (Å²) in [5.41, 5.74) is 0.455. The molecule has 1 heterocycles. The van der Waals surface area contributed by atoms with Crippen LogP contribution in [0.3, 0.4) is 0 Å². The molecule has 5 heteroatoms. The van der Waals surface area contributed by atoms with Crippen LogP contribution in [0.4, 0.5) is 5.69 Å².